The molecule has 21 heavy (non-hydrogen) atoms. The van der Waals surface area contributed by atoms with Crippen LogP contribution in [0.4, 0.5) is 0 Å². The van der Waals surface area contributed by atoms with Crippen molar-refractivity contribution >= 4 is 5.97 Å². The zero-order valence-corrected chi connectivity index (χ0v) is 12.4. The van der Waals surface area contributed by atoms with Crippen molar-refractivity contribution in [3.8, 4) is 5.75 Å². The fourth-order valence-electron chi connectivity index (χ4n) is 4.28. The van der Waals surface area contributed by atoms with Crippen LogP contribution in [0.2, 0.25) is 0 Å². The highest BCUT2D eigenvalue weighted by Gasteiger charge is 2.47. The van der Waals surface area contributed by atoms with Crippen molar-refractivity contribution in [3.63, 3.8) is 0 Å². The summed E-state index contributed by atoms with van der Waals surface area (Å²) in [6, 6.07) is 7.12. The van der Waals surface area contributed by atoms with Crippen LogP contribution in [-0.4, -0.2) is 33.2 Å². The van der Waals surface area contributed by atoms with Crippen molar-refractivity contribution < 1.29 is 15.0 Å². The Labute approximate surface area is 125 Å². The largest absolute Gasteiger partial charge is 0.508 e. The highest BCUT2D eigenvalue weighted by molar-refractivity contribution is 5.74. The third-order valence-corrected chi connectivity index (χ3v) is 5.26. The van der Waals surface area contributed by atoms with E-state index in [2.05, 4.69) is 4.90 Å². The van der Waals surface area contributed by atoms with E-state index in [4.69, 9.17) is 0 Å². The molecule has 1 aliphatic carbocycles. The van der Waals surface area contributed by atoms with Gasteiger partial charge in [-0.05, 0) is 38.2 Å². The SMILES string of the molecule is CC(c1ccccc1O)N1C(C(=O)O)CC2CCCCC21. The fraction of sp³-hybridized carbons (Fsp3) is 0.588. The van der Waals surface area contributed by atoms with Crippen LogP contribution >= 0.6 is 0 Å². The number of fused-ring (bicyclic) bond motifs is 1. The van der Waals surface area contributed by atoms with Crippen LogP contribution < -0.4 is 0 Å². The number of carbonyl (C=O) groups is 1. The third-order valence-electron chi connectivity index (χ3n) is 5.26. The summed E-state index contributed by atoms with van der Waals surface area (Å²) < 4.78 is 0. The molecule has 2 aliphatic rings. The molecule has 2 fully saturated rings. The lowest BCUT2D eigenvalue weighted by Crippen LogP contribution is -2.43. The van der Waals surface area contributed by atoms with E-state index in [1.165, 1.54) is 12.8 Å². The number of rotatable bonds is 3. The number of aliphatic carboxylic acids is 1. The van der Waals surface area contributed by atoms with Gasteiger partial charge in [0, 0.05) is 17.6 Å². The first-order chi connectivity index (χ1) is 10.1. The maximum Gasteiger partial charge on any atom is 0.320 e. The molecule has 4 unspecified atom stereocenters. The van der Waals surface area contributed by atoms with Gasteiger partial charge in [0.1, 0.15) is 11.8 Å². The Morgan fingerprint density at radius 3 is 2.71 bits per heavy atom. The molecule has 2 N–H and O–H groups in total. The van der Waals surface area contributed by atoms with Gasteiger partial charge in [0.15, 0.2) is 0 Å². The second-order valence-corrected chi connectivity index (χ2v) is 6.38. The molecule has 1 aliphatic heterocycles. The standard InChI is InChI=1S/C17H23NO3/c1-11(13-7-3-5-9-16(13)19)18-14-8-4-2-6-12(14)10-15(18)17(20)21/h3,5,7,9,11-12,14-15,19H,2,4,6,8,10H2,1H3,(H,20,21). The number of aromatic hydroxyl groups is 1. The van der Waals surface area contributed by atoms with Gasteiger partial charge in [0.2, 0.25) is 0 Å². The maximum atomic E-state index is 11.7. The van der Waals surface area contributed by atoms with Gasteiger partial charge in [0.25, 0.3) is 0 Å². The molecule has 0 radical (unpaired) electrons. The van der Waals surface area contributed by atoms with Gasteiger partial charge in [-0.2, -0.15) is 0 Å². The van der Waals surface area contributed by atoms with E-state index in [0.717, 1.165) is 24.8 Å². The Hall–Kier alpha value is -1.55. The summed E-state index contributed by atoms with van der Waals surface area (Å²) in [5, 5.41) is 19.7. The molecule has 4 heteroatoms. The molecule has 1 saturated heterocycles. The van der Waals surface area contributed by atoms with Crippen molar-refractivity contribution in [2.24, 2.45) is 5.92 Å². The average molecular weight is 289 g/mol. The fourth-order valence-corrected chi connectivity index (χ4v) is 4.28. The second-order valence-electron chi connectivity index (χ2n) is 6.38. The molecular formula is C17H23NO3. The number of carboxylic acids is 1. The zero-order chi connectivity index (χ0) is 15.0. The first kappa shape index (κ1) is 14.4. The van der Waals surface area contributed by atoms with Gasteiger partial charge in [0.05, 0.1) is 0 Å². The number of likely N-dealkylation sites (tertiary alicyclic amines) is 1. The van der Waals surface area contributed by atoms with E-state index >= 15 is 0 Å². The molecule has 0 spiro atoms. The normalized spacial score (nSPS) is 30.8. The first-order valence-electron chi connectivity index (χ1n) is 7.87. The highest BCUT2D eigenvalue weighted by Crippen LogP contribution is 2.45. The number of phenolic OH excluding ortho intramolecular Hbond substituents is 1. The predicted molar refractivity (Wildman–Crippen MR) is 80.1 cm³/mol. The van der Waals surface area contributed by atoms with Crippen LogP contribution in [0, 0.1) is 5.92 Å². The van der Waals surface area contributed by atoms with E-state index in [1.807, 2.05) is 19.1 Å². The van der Waals surface area contributed by atoms with Gasteiger partial charge in [-0.3, -0.25) is 9.69 Å². The quantitative estimate of drug-likeness (QED) is 0.897. The smallest absolute Gasteiger partial charge is 0.320 e. The van der Waals surface area contributed by atoms with Gasteiger partial charge in [-0.1, -0.05) is 31.0 Å². The van der Waals surface area contributed by atoms with Crippen LogP contribution in [0.3, 0.4) is 0 Å². The van der Waals surface area contributed by atoms with E-state index in [1.54, 1.807) is 12.1 Å². The molecular weight excluding hydrogens is 266 g/mol. The maximum absolute atomic E-state index is 11.7. The van der Waals surface area contributed by atoms with Crippen molar-refractivity contribution in [2.75, 3.05) is 0 Å². The average Bonchev–Trinajstić information content (AvgIpc) is 2.86. The molecule has 4 nitrogen and oxygen atoms in total. The highest BCUT2D eigenvalue weighted by atomic mass is 16.4. The van der Waals surface area contributed by atoms with Gasteiger partial charge >= 0.3 is 5.97 Å². The minimum absolute atomic E-state index is 0.0691. The monoisotopic (exact) mass is 289 g/mol. The van der Waals surface area contributed by atoms with Crippen LogP contribution in [0.25, 0.3) is 0 Å². The molecule has 4 atom stereocenters. The number of benzene rings is 1. The summed E-state index contributed by atoms with van der Waals surface area (Å²) in [6.45, 7) is 2.02. The number of hydrogen-bond donors (Lipinski definition) is 2. The lowest BCUT2D eigenvalue weighted by atomic mass is 9.84. The van der Waals surface area contributed by atoms with E-state index in [-0.39, 0.29) is 11.8 Å². The summed E-state index contributed by atoms with van der Waals surface area (Å²) in [6.07, 6.45) is 5.35. The second kappa shape index (κ2) is 5.68. The molecule has 1 aromatic rings. The van der Waals surface area contributed by atoms with Gasteiger partial charge < -0.3 is 10.2 Å². The van der Waals surface area contributed by atoms with Crippen molar-refractivity contribution in [1.82, 2.24) is 4.90 Å². The Morgan fingerprint density at radius 2 is 2.00 bits per heavy atom. The molecule has 0 amide bonds. The Morgan fingerprint density at radius 1 is 1.29 bits per heavy atom. The lowest BCUT2D eigenvalue weighted by molar-refractivity contribution is -0.143. The van der Waals surface area contributed by atoms with E-state index < -0.39 is 12.0 Å². The number of carboxylic acid groups (broad SMARTS) is 1. The number of para-hydroxylation sites is 1. The number of phenols is 1. The van der Waals surface area contributed by atoms with Crippen LogP contribution in [0.1, 0.15) is 50.6 Å². The third kappa shape index (κ3) is 2.53. The van der Waals surface area contributed by atoms with Gasteiger partial charge in [-0.25, -0.2) is 0 Å². The summed E-state index contributed by atoms with van der Waals surface area (Å²) in [7, 11) is 0. The Balaban J connectivity index is 1.93. The van der Waals surface area contributed by atoms with Crippen molar-refractivity contribution in [1.29, 1.82) is 0 Å². The predicted octanol–water partition coefficient (Wildman–Crippen LogP) is 3.17. The lowest BCUT2D eigenvalue weighted by Gasteiger charge is -2.37. The molecule has 0 aromatic heterocycles. The van der Waals surface area contributed by atoms with Crippen LogP contribution in [0.5, 0.6) is 5.75 Å². The summed E-state index contributed by atoms with van der Waals surface area (Å²) in [5.74, 6) is 0.0215. The van der Waals surface area contributed by atoms with Crippen LogP contribution in [-0.2, 0) is 4.79 Å². The van der Waals surface area contributed by atoms with Crippen molar-refractivity contribution in [3.05, 3.63) is 29.8 Å². The summed E-state index contributed by atoms with van der Waals surface area (Å²) in [5.41, 5.74) is 0.829. The van der Waals surface area contributed by atoms with E-state index in [9.17, 15) is 15.0 Å². The number of hydrogen-bond acceptors (Lipinski definition) is 3. The minimum Gasteiger partial charge on any atom is -0.508 e. The van der Waals surface area contributed by atoms with Crippen LogP contribution in [0.15, 0.2) is 24.3 Å². The molecule has 1 heterocycles. The molecule has 1 saturated carbocycles. The topological polar surface area (TPSA) is 60.8 Å². The molecule has 114 valence electrons. The first-order valence-corrected chi connectivity index (χ1v) is 7.87. The summed E-state index contributed by atoms with van der Waals surface area (Å²) in [4.78, 5) is 13.8. The van der Waals surface area contributed by atoms with Gasteiger partial charge in [-0.15, -0.1) is 0 Å². The number of nitrogens with zero attached hydrogens (tertiary/aromatic N) is 1. The Bertz CT molecular complexity index is 531. The minimum atomic E-state index is -0.730. The molecule has 1 aromatic carbocycles. The zero-order valence-electron chi connectivity index (χ0n) is 12.4. The van der Waals surface area contributed by atoms with E-state index in [0.29, 0.717) is 12.0 Å². The van der Waals surface area contributed by atoms with Crippen molar-refractivity contribution in [2.45, 2.75) is 57.2 Å². The molecule has 0 bridgehead atoms. The Kier molecular flexibility index (Phi) is 3.89. The molecule has 3 rings (SSSR count). The summed E-state index contributed by atoms with van der Waals surface area (Å²) >= 11 is 0.